The fourth-order valence-corrected chi connectivity index (χ4v) is 9.90. The van der Waals surface area contributed by atoms with Crippen molar-refractivity contribution in [3.05, 3.63) is 176 Å². The topological polar surface area (TPSA) is 38.7 Å². The molecule has 0 saturated carbocycles. The van der Waals surface area contributed by atoms with Crippen LogP contribution in [-0.4, -0.2) is 15.0 Å². The third kappa shape index (κ3) is 5.28. The third-order valence-electron chi connectivity index (χ3n) is 10.3. The van der Waals surface area contributed by atoms with Crippen molar-refractivity contribution in [3.63, 3.8) is 0 Å². The fourth-order valence-electron chi connectivity index (χ4n) is 7.66. The number of hydrogen-bond donors (Lipinski definition) is 0. The molecule has 3 heterocycles. The molecule has 11 rings (SSSR count). The molecule has 0 bridgehead atoms. The van der Waals surface area contributed by atoms with Crippen LogP contribution in [0.1, 0.15) is 0 Å². The van der Waals surface area contributed by atoms with Crippen LogP contribution < -0.4 is 0 Å². The van der Waals surface area contributed by atoms with Gasteiger partial charge in [0.15, 0.2) is 17.5 Å². The van der Waals surface area contributed by atoms with E-state index in [2.05, 4.69) is 158 Å². The molecule has 0 aliphatic carbocycles. The summed E-state index contributed by atoms with van der Waals surface area (Å²) in [6.07, 6.45) is 0. The van der Waals surface area contributed by atoms with E-state index in [0.717, 1.165) is 49.7 Å². The van der Waals surface area contributed by atoms with Crippen molar-refractivity contribution in [1.29, 1.82) is 0 Å². The molecule has 8 aromatic carbocycles. The summed E-state index contributed by atoms with van der Waals surface area (Å²) >= 11 is 3.69. The van der Waals surface area contributed by atoms with E-state index in [4.69, 9.17) is 15.0 Å². The number of aromatic nitrogens is 3. The lowest BCUT2D eigenvalue weighted by Gasteiger charge is -2.13. The van der Waals surface area contributed by atoms with Gasteiger partial charge in [0, 0.05) is 57.0 Å². The molecule has 0 radical (unpaired) electrons. The Hall–Kier alpha value is -6.53. The van der Waals surface area contributed by atoms with Gasteiger partial charge < -0.3 is 0 Å². The van der Waals surface area contributed by atoms with E-state index < -0.39 is 0 Å². The maximum absolute atomic E-state index is 5.26. The van der Waals surface area contributed by atoms with Crippen molar-refractivity contribution in [1.82, 2.24) is 15.0 Å². The summed E-state index contributed by atoms with van der Waals surface area (Å²) in [5.41, 5.74) is 7.42. The van der Waals surface area contributed by atoms with E-state index in [1.54, 1.807) is 0 Å². The molecule has 3 aromatic heterocycles. The predicted octanol–water partition coefficient (Wildman–Crippen LogP) is 14.1. The van der Waals surface area contributed by atoms with E-state index >= 15 is 0 Å². The number of nitrogens with zero attached hydrogens (tertiary/aromatic N) is 3. The van der Waals surface area contributed by atoms with E-state index in [-0.39, 0.29) is 0 Å². The highest BCUT2D eigenvalue weighted by molar-refractivity contribution is 7.26. The zero-order chi connectivity index (χ0) is 35.6. The van der Waals surface area contributed by atoms with Crippen molar-refractivity contribution >= 4 is 73.8 Å². The van der Waals surface area contributed by atoms with Crippen LogP contribution in [0, 0.1) is 0 Å². The van der Waals surface area contributed by atoms with Gasteiger partial charge >= 0.3 is 0 Å². The van der Waals surface area contributed by atoms with Crippen LogP contribution in [-0.2, 0) is 0 Å². The fraction of sp³-hybridized carbons (Fsp3) is 0. The van der Waals surface area contributed by atoms with E-state index in [9.17, 15) is 0 Å². The molecule has 0 amide bonds. The Morgan fingerprint density at radius 1 is 0.278 bits per heavy atom. The van der Waals surface area contributed by atoms with Crippen LogP contribution in [0.15, 0.2) is 176 Å². The Morgan fingerprint density at radius 3 is 1.61 bits per heavy atom. The second kappa shape index (κ2) is 12.6. The molecule has 252 valence electrons. The van der Waals surface area contributed by atoms with Gasteiger partial charge in [-0.3, -0.25) is 0 Å². The van der Waals surface area contributed by atoms with Crippen LogP contribution in [0.2, 0.25) is 0 Å². The van der Waals surface area contributed by atoms with E-state index in [1.165, 1.54) is 40.3 Å². The number of thiophene rings is 2. The zero-order valence-electron chi connectivity index (χ0n) is 28.9. The van der Waals surface area contributed by atoms with Gasteiger partial charge in [-0.15, -0.1) is 22.7 Å². The molecule has 54 heavy (non-hydrogen) atoms. The zero-order valence-corrected chi connectivity index (χ0v) is 30.5. The minimum atomic E-state index is 0.639. The van der Waals surface area contributed by atoms with E-state index in [0.29, 0.717) is 17.5 Å². The van der Waals surface area contributed by atoms with Gasteiger partial charge in [0.2, 0.25) is 0 Å². The highest BCUT2D eigenvalue weighted by atomic mass is 32.1. The standard InChI is InChI=1S/C49H29N3S2/c1-2-12-31(13-3-1)47-50-48(52-49(51-47)41-18-10-14-30-11-4-5-15-37(30)41)36-26-34(32-22-24-45-42(28-32)39-17-7-9-20-44(39)53-45)25-35(27-36)33-21-23-40-38-16-6-8-19-43(38)54-46(40)29-33/h1-29H. The molecule has 0 spiro atoms. The van der Waals surface area contributed by atoms with Gasteiger partial charge in [-0.05, 0) is 81.6 Å². The summed E-state index contributed by atoms with van der Waals surface area (Å²) in [6, 6.07) is 62.8. The lowest BCUT2D eigenvalue weighted by atomic mass is 9.94. The quantitative estimate of drug-likeness (QED) is 0.177. The summed E-state index contributed by atoms with van der Waals surface area (Å²) in [4.78, 5) is 15.6. The van der Waals surface area contributed by atoms with Crippen molar-refractivity contribution in [2.45, 2.75) is 0 Å². The van der Waals surface area contributed by atoms with Crippen molar-refractivity contribution < 1.29 is 0 Å². The minimum Gasteiger partial charge on any atom is -0.208 e. The first-order chi connectivity index (χ1) is 26.7. The average molecular weight is 724 g/mol. The maximum Gasteiger partial charge on any atom is 0.164 e. The lowest BCUT2D eigenvalue weighted by molar-refractivity contribution is 1.08. The van der Waals surface area contributed by atoms with Gasteiger partial charge in [-0.25, -0.2) is 15.0 Å². The first-order valence-corrected chi connectivity index (χ1v) is 19.6. The summed E-state index contributed by atoms with van der Waals surface area (Å²) in [7, 11) is 0. The van der Waals surface area contributed by atoms with Gasteiger partial charge in [0.05, 0.1) is 0 Å². The normalized spacial score (nSPS) is 11.7. The molecule has 3 nitrogen and oxygen atoms in total. The molecule has 5 heteroatoms. The number of benzene rings is 8. The Morgan fingerprint density at radius 2 is 0.815 bits per heavy atom. The van der Waals surface area contributed by atoms with Crippen LogP contribution in [0.25, 0.3) is 108 Å². The molecule has 0 atom stereocenters. The molecule has 0 saturated heterocycles. The molecule has 0 fully saturated rings. The largest absolute Gasteiger partial charge is 0.208 e. The second-order valence-electron chi connectivity index (χ2n) is 13.6. The first kappa shape index (κ1) is 31.0. The average Bonchev–Trinajstić information content (AvgIpc) is 3.81. The molecular weight excluding hydrogens is 695 g/mol. The molecule has 11 aromatic rings. The van der Waals surface area contributed by atoms with Gasteiger partial charge in [-0.1, -0.05) is 127 Å². The molecule has 0 N–H and O–H groups in total. The second-order valence-corrected chi connectivity index (χ2v) is 15.8. The Balaban J connectivity index is 1.16. The number of fused-ring (bicyclic) bond motifs is 7. The van der Waals surface area contributed by atoms with E-state index in [1.807, 2.05) is 40.9 Å². The summed E-state index contributed by atoms with van der Waals surface area (Å²) < 4.78 is 5.16. The summed E-state index contributed by atoms with van der Waals surface area (Å²) in [5.74, 6) is 1.94. The van der Waals surface area contributed by atoms with Crippen molar-refractivity contribution in [2.75, 3.05) is 0 Å². The monoisotopic (exact) mass is 723 g/mol. The van der Waals surface area contributed by atoms with Crippen LogP contribution in [0.4, 0.5) is 0 Å². The number of rotatable bonds is 5. The Labute approximate surface area is 319 Å². The minimum absolute atomic E-state index is 0.639. The van der Waals surface area contributed by atoms with Gasteiger partial charge in [0.1, 0.15) is 0 Å². The van der Waals surface area contributed by atoms with Crippen LogP contribution >= 0.6 is 22.7 Å². The molecule has 0 unspecified atom stereocenters. The SMILES string of the molecule is c1ccc(-c2nc(-c3cc(-c4ccc5c(c4)sc4ccccc45)cc(-c4ccc5sc6ccccc6c5c4)c3)nc(-c3cccc4ccccc34)n2)cc1. The van der Waals surface area contributed by atoms with Crippen LogP contribution in [0.5, 0.6) is 0 Å². The Kier molecular flexibility index (Phi) is 7.22. The molecule has 0 aliphatic heterocycles. The van der Waals surface area contributed by atoms with Crippen molar-refractivity contribution in [2.24, 2.45) is 0 Å². The maximum atomic E-state index is 5.26. The predicted molar refractivity (Wildman–Crippen MR) is 230 cm³/mol. The third-order valence-corrected chi connectivity index (χ3v) is 12.6. The Bertz CT molecular complexity index is 3230. The highest BCUT2D eigenvalue weighted by Crippen LogP contribution is 2.41. The summed E-state index contributed by atoms with van der Waals surface area (Å²) in [6.45, 7) is 0. The summed E-state index contributed by atoms with van der Waals surface area (Å²) in [5, 5.41) is 7.41. The van der Waals surface area contributed by atoms with Gasteiger partial charge in [0.25, 0.3) is 0 Å². The first-order valence-electron chi connectivity index (χ1n) is 18.0. The lowest BCUT2D eigenvalue weighted by Crippen LogP contribution is -2.01. The molecule has 0 aliphatic rings. The van der Waals surface area contributed by atoms with Crippen LogP contribution in [0.3, 0.4) is 0 Å². The number of hydrogen-bond acceptors (Lipinski definition) is 5. The van der Waals surface area contributed by atoms with Gasteiger partial charge in [-0.2, -0.15) is 0 Å². The smallest absolute Gasteiger partial charge is 0.164 e. The molecular formula is C49H29N3S2. The highest BCUT2D eigenvalue weighted by Gasteiger charge is 2.17. The van der Waals surface area contributed by atoms with Crippen molar-refractivity contribution in [3.8, 4) is 56.4 Å².